The molecule has 1 saturated carbocycles. The van der Waals surface area contributed by atoms with Gasteiger partial charge in [0.15, 0.2) is 5.82 Å². The van der Waals surface area contributed by atoms with E-state index in [2.05, 4.69) is 20.1 Å². The summed E-state index contributed by atoms with van der Waals surface area (Å²) in [6, 6.07) is 9.40. The predicted molar refractivity (Wildman–Crippen MR) is 159 cm³/mol. The zero-order valence-electron chi connectivity index (χ0n) is 22.9. The summed E-state index contributed by atoms with van der Waals surface area (Å²) in [6.07, 6.45) is 2.02. The summed E-state index contributed by atoms with van der Waals surface area (Å²) in [5.74, 6) is 1.61. The highest BCUT2D eigenvalue weighted by Crippen LogP contribution is 2.31. The van der Waals surface area contributed by atoms with Gasteiger partial charge in [0.25, 0.3) is 6.43 Å². The topological polar surface area (TPSA) is 71.3 Å². The second-order valence-corrected chi connectivity index (χ2v) is 10.9. The molecule has 13 heteroatoms. The number of nitrogens with one attached hydrogen (secondary N) is 1. The van der Waals surface area contributed by atoms with Crippen molar-refractivity contribution in [1.29, 1.82) is 0 Å². The number of likely N-dealkylation sites (tertiary alicyclic amines) is 1. The Hall–Kier alpha value is -2.34. The number of aromatic nitrogens is 4. The SMILES string of the molecule is Cl.Cl.FC1CCC(N2CCC(CNc3nc(N4CCOCC4)cc(-n4c(C(F)F)nc5ccccc54)n3)CC2)CC1. The van der Waals surface area contributed by atoms with Gasteiger partial charge in [0, 0.05) is 31.7 Å². The lowest BCUT2D eigenvalue weighted by Gasteiger charge is -2.39. The van der Waals surface area contributed by atoms with Crippen LogP contribution in [0.4, 0.5) is 24.9 Å². The summed E-state index contributed by atoms with van der Waals surface area (Å²) in [7, 11) is 0. The fourth-order valence-corrected chi connectivity index (χ4v) is 6.16. The van der Waals surface area contributed by atoms with Gasteiger partial charge in [-0.15, -0.1) is 24.8 Å². The van der Waals surface area contributed by atoms with Crippen LogP contribution in [0.25, 0.3) is 16.9 Å². The van der Waals surface area contributed by atoms with Crippen LogP contribution in [-0.2, 0) is 4.74 Å². The minimum atomic E-state index is -2.75. The lowest BCUT2D eigenvalue weighted by molar-refractivity contribution is 0.0877. The number of alkyl halides is 3. The third kappa shape index (κ3) is 7.18. The van der Waals surface area contributed by atoms with Gasteiger partial charge in [-0.25, -0.2) is 18.2 Å². The van der Waals surface area contributed by atoms with Crippen LogP contribution in [0.5, 0.6) is 0 Å². The van der Waals surface area contributed by atoms with E-state index in [1.54, 1.807) is 24.3 Å². The Labute approximate surface area is 250 Å². The zero-order valence-corrected chi connectivity index (χ0v) is 24.6. The highest BCUT2D eigenvalue weighted by molar-refractivity contribution is 5.85. The molecule has 0 amide bonds. The molecule has 0 unspecified atom stereocenters. The Kier molecular flexibility index (Phi) is 11.0. The number of hydrogen-bond acceptors (Lipinski definition) is 7. The number of anilines is 2. The molecule has 0 radical (unpaired) electrons. The number of fused-ring (bicyclic) bond motifs is 1. The Bertz CT molecular complexity index is 1260. The van der Waals surface area contributed by atoms with Crippen molar-refractivity contribution < 1.29 is 17.9 Å². The molecule has 226 valence electrons. The second-order valence-electron chi connectivity index (χ2n) is 10.9. The molecule has 0 bridgehead atoms. The molecular formula is C28H38Cl2F3N7O. The number of halogens is 5. The Balaban J connectivity index is 0.00000194. The first-order valence-corrected chi connectivity index (χ1v) is 14.1. The highest BCUT2D eigenvalue weighted by atomic mass is 35.5. The van der Waals surface area contributed by atoms with E-state index >= 15 is 0 Å². The molecule has 2 aliphatic heterocycles. The van der Waals surface area contributed by atoms with Crippen LogP contribution in [0.2, 0.25) is 0 Å². The lowest BCUT2D eigenvalue weighted by atomic mass is 9.89. The van der Waals surface area contributed by atoms with E-state index in [1.165, 1.54) is 4.57 Å². The van der Waals surface area contributed by atoms with Crippen LogP contribution in [0.3, 0.4) is 0 Å². The maximum atomic E-state index is 14.1. The molecule has 8 nitrogen and oxygen atoms in total. The number of ether oxygens (including phenoxy) is 1. The smallest absolute Gasteiger partial charge is 0.296 e. The molecule has 2 aromatic heterocycles. The molecule has 3 aromatic rings. The standard InChI is InChI=1S/C28H36F3N7O.2ClH/c29-20-5-7-21(8-6-20)36-11-9-19(10-12-36)18-32-28-34-24(37-13-15-39-16-14-37)17-25(35-28)38-23-4-2-1-3-22(23)33-27(38)26(30)31;;/h1-4,17,19-21,26H,5-16,18H2,(H,32,34,35);2*1H. The number of morpholine rings is 1. The number of rotatable bonds is 7. The fraction of sp³-hybridized carbons (Fsp3) is 0.607. The Morgan fingerprint density at radius 3 is 2.27 bits per heavy atom. The van der Waals surface area contributed by atoms with Crippen molar-refractivity contribution in [3.63, 3.8) is 0 Å². The summed E-state index contributed by atoms with van der Waals surface area (Å²) in [5.41, 5.74) is 1.08. The highest BCUT2D eigenvalue weighted by Gasteiger charge is 2.29. The molecule has 6 rings (SSSR count). The molecule has 41 heavy (non-hydrogen) atoms. The van der Waals surface area contributed by atoms with Gasteiger partial charge in [-0.05, 0) is 69.7 Å². The molecule has 0 spiro atoms. The van der Waals surface area contributed by atoms with Crippen LogP contribution < -0.4 is 10.2 Å². The lowest BCUT2D eigenvalue weighted by Crippen LogP contribution is -2.44. The van der Waals surface area contributed by atoms with E-state index < -0.39 is 12.6 Å². The van der Waals surface area contributed by atoms with Crippen molar-refractivity contribution in [3.8, 4) is 5.82 Å². The first-order chi connectivity index (χ1) is 19.0. The number of benzene rings is 1. The first kappa shape index (κ1) is 31.6. The van der Waals surface area contributed by atoms with Crippen LogP contribution in [0.15, 0.2) is 30.3 Å². The second kappa shape index (κ2) is 14.2. The van der Waals surface area contributed by atoms with E-state index in [0.717, 1.165) is 38.8 Å². The third-order valence-corrected chi connectivity index (χ3v) is 8.39. The summed E-state index contributed by atoms with van der Waals surface area (Å²) in [6.45, 7) is 5.27. The molecule has 1 N–H and O–H groups in total. The summed E-state index contributed by atoms with van der Waals surface area (Å²) in [4.78, 5) is 18.3. The maximum absolute atomic E-state index is 14.1. The summed E-state index contributed by atoms with van der Waals surface area (Å²) < 4.78 is 48.7. The summed E-state index contributed by atoms with van der Waals surface area (Å²) >= 11 is 0. The van der Waals surface area contributed by atoms with Crippen LogP contribution in [0.1, 0.15) is 50.8 Å². The molecule has 1 aliphatic carbocycles. The number of imidazole rings is 1. The number of nitrogens with zero attached hydrogens (tertiary/aromatic N) is 6. The van der Waals surface area contributed by atoms with Crippen molar-refractivity contribution in [2.45, 2.75) is 57.2 Å². The molecule has 4 heterocycles. The van der Waals surface area contributed by atoms with E-state index in [1.807, 2.05) is 6.07 Å². The van der Waals surface area contributed by atoms with E-state index in [9.17, 15) is 13.2 Å². The average molecular weight is 617 g/mol. The van der Waals surface area contributed by atoms with E-state index in [-0.39, 0.29) is 30.6 Å². The molecular weight excluding hydrogens is 578 g/mol. The number of piperidine rings is 1. The van der Waals surface area contributed by atoms with Gasteiger partial charge in [-0.2, -0.15) is 9.97 Å². The van der Waals surface area contributed by atoms with Gasteiger partial charge in [0.2, 0.25) is 5.95 Å². The van der Waals surface area contributed by atoms with Crippen molar-refractivity contribution in [2.24, 2.45) is 5.92 Å². The fourth-order valence-electron chi connectivity index (χ4n) is 6.16. The quantitative estimate of drug-likeness (QED) is 0.358. The van der Waals surface area contributed by atoms with Crippen LogP contribution in [0, 0.1) is 5.92 Å². The van der Waals surface area contributed by atoms with Crippen molar-refractivity contribution in [1.82, 2.24) is 24.4 Å². The average Bonchev–Trinajstić information content (AvgIpc) is 3.37. The van der Waals surface area contributed by atoms with E-state index in [0.29, 0.717) is 86.3 Å². The monoisotopic (exact) mass is 615 g/mol. The summed E-state index contributed by atoms with van der Waals surface area (Å²) in [5, 5.41) is 3.42. The van der Waals surface area contributed by atoms with Crippen molar-refractivity contribution >= 4 is 47.6 Å². The molecule has 0 atom stereocenters. The van der Waals surface area contributed by atoms with Crippen LogP contribution in [-0.4, -0.2) is 82.6 Å². The van der Waals surface area contributed by atoms with Crippen LogP contribution >= 0.6 is 24.8 Å². The molecule has 3 aliphatic rings. The normalized spacial score (nSPS) is 22.4. The Morgan fingerprint density at radius 2 is 1.56 bits per heavy atom. The van der Waals surface area contributed by atoms with E-state index in [4.69, 9.17) is 14.7 Å². The maximum Gasteiger partial charge on any atom is 0.296 e. The molecule has 3 fully saturated rings. The van der Waals surface area contributed by atoms with Gasteiger partial charge < -0.3 is 19.9 Å². The minimum Gasteiger partial charge on any atom is -0.378 e. The van der Waals surface area contributed by atoms with Gasteiger partial charge >= 0.3 is 0 Å². The number of para-hydroxylation sites is 2. The largest absolute Gasteiger partial charge is 0.378 e. The van der Waals surface area contributed by atoms with Gasteiger partial charge in [-0.1, -0.05) is 12.1 Å². The predicted octanol–water partition coefficient (Wildman–Crippen LogP) is 5.84. The molecule has 1 aromatic carbocycles. The Morgan fingerprint density at radius 1 is 0.878 bits per heavy atom. The van der Waals surface area contributed by atoms with Gasteiger partial charge in [0.05, 0.1) is 24.2 Å². The minimum absolute atomic E-state index is 0. The van der Waals surface area contributed by atoms with Crippen molar-refractivity contribution in [3.05, 3.63) is 36.2 Å². The zero-order chi connectivity index (χ0) is 26.8. The van der Waals surface area contributed by atoms with Gasteiger partial charge in [0.1, 0.15) is 17.8 Å². The van der Waals surface area contributed by atoms with Gasteiger partial charge in [-0.3, -0.25) is 4.57 Å². The molecule has 2 saturated heterocycles. The first-order valence-electron chi connectivity index (χ1n) is 14.1. The third-order valence-electron chi connectivity index (χ3n) is 8.39. The van der Waals surface area contributed by atoms with Crippen molar-refractivity contribution in [2.75, 3.05) is 56.2 Å². The number of hydrogen-bond donors (Lipinski definition) is 1.